The maximum Gasteiger partial charge on any atom is -0.0406 e. The van der Waals surface area contributed by atoms with E-state index in [1.807, 2.05) is 55.4 Å². The molecule has 0 N–H and O–H groups in total. The second kappa shape index (κ2) is 20.0. The maximum atomic E-state index is 2.00. The van der Waals surface area contributed by atoms with Crippen LogP contribution in [0.3, 0.4) is 0 Å². The van der Waals surface area contributed by atoms with Gasteiger partial charge in [-0.1, -0.05) is 139 Å². The van der Waals surface area contributed by atoms with Crippen molar-refractivity contribution in [3.05, 3.63) is 0 Å². The Balaban J connectivity index is 0.000000215. The summed E-state index contributed by atoms with van der Waals surface area (Å²) >= 11 is 0. The van der Waals surface area contributed by atoms with Gasteiger partial charge in [-0.3, -0.25) is 0 Å². The van der Waals surface area contributed by atoms with Crippen molar-refractivity contribution < 1.29 is 0 Å². The quantitative estimate of drug-likeness (QED) is 0.316. The minimum absolute atomic E-state index is 1.15. The molecule has 0 nitrogen and oxygen atoms in total. The lowest BCUT2D eigenvalue weighted by atomic mass is 9.56. The fourth-order valence-electron chi connectivity index (χ4n) is 7.70. The van der Waals surface area contributed by atoms with Crippen molar-refractivity contribution in [1.82, 2.24) is 0 Å². The van der Waals surface area contributed by atoms with Gasteiger partial charge in [0.1, 0.15) is 0 Å². The molecular weight excluding hydrogens is 420 g/mol. The van der Waals surface area contributed by atoms with E-state index < -0.39 is 0 Å². The lowest BCUT2D eigenvalue weighted by Crippen LogP contribution is -2.38. The standard InChI is InChI=1S/2C8H14.C6H10.C5H8.4C2H6/c1-2-8-5-3-7(1)4-6-8;1-2-7-4-5-8(3-1)6-7;1-2-6-3-5(1)4-6;1-4-2-5(1)3-4;4*1-2/h2*7-8H,1-6H2;5-6H,1-4H2;4-5H,1-3H2;4*1-2H3. The zero-order chi connectivity index (χ0) is 26.1. The van der Waals surface area contributed by atoms with E-state index in [1.165, 1.54) is 30.1 Å². The van der Waals surface area contributed by atoms with E-state index in [0.29, 0.717) is 0 Å². The molecule has 0 aromatic rings. The van der Waals surface area contributed by atoms with Crippen LogP contribution >= 0.6 is 0 Å². The minimum atomic E-state index is 1.15. The summed E-state index contributed by atoms with van der Waals surface area (Å²) in [4.78, 5) is 0. The van der Waals surface area contributed by atoms with Crippen LogP contribution in [-0.2, 0) is 0 Å². The van der Waals surface area contributed by atoms with Crippen LogP contribution in [0.25, 0.3) is 0 Å². The summed E-state index contributed by atoms with van der Waals surface area (Å²) in [7, 11) is 0. The zero-order valence-electron chi connectivity index (χ0n) is 26.1. The largest absolute Gasteiger partial charge is 0.0683 e. The third kappa shape index (κ3) is 11.5. The molecule has 8 bridgehead atoms. The summed E-state index contributed by atoms with van der Waals surface area (Å²) in [6.07, 6.45) is 29.7. The number of hydrogen-bond donors (Lipinski definition) is 0. The van der Waals surface area contributed by atoms with Crippen LogP contribution < -0.4 is 0 Å². The lowest BCUT2D eigenvalue weighted by Gasteiger charge is -2.49. The monoisotopic (exact) mass is 491 g/mol. The Bertz CT molecular complexity index is 369. The summed E-state index contributed by atoms with van der Waals surface area (Å²) in [6.45, 7) is 16.0. The van der Waals surface area contributed by atoms with Crippen molar-refractivity contribution in [1.29, 1.82) is 0 Å². The highest BCUT2D eigenvalue weighted by Crippen LogP contribution is 2.53. The van der Waals surface area contributed by atoms with Gasteiger partial charge < -0.3 is 0 Å². The molecule has 0 saturated heterocycles. The van der Waals surface area contributed by atoms with E-state index in [1.54, 1.807) is 116 Å². The first-order chi connectivity index (χ1) is 17.3. The molecule has 210 valence electrons. The molecule has 11 fully saturated rings. The van der Waals surface area contributed by atoms with Crippen LogP contribution in [0.4, 0.5) is 0 Å². The van der Waals surface area contributed by atoms with E-state index in [4.69, 9.17) is 0 Å². The average Bonchev–Trinajstić information content (AvgIpc) is 3.62. The lowest BCUT2D eigenvalue weighted by molar-refractivity contribution is 0.0198. The highest BCUT2D eigenvalue weighted by molar-refractivity contribution is 4.92. The first kappa shape index (κ1) is 33.0. The minimum Gasteiger partial charge on any atom is -0.0683 e. The van der Waals surface area contributed by atoms with Crippen LogP contribution in [0, 0.1) is 47.3 Å². The van der Waals surface area contributed by atoms with E-state index in [0.717, 1.165) is 23.7 Å². The fourth-order valence-corrected chi connectivity index (χ4v) is 7.70. The Morgan fingerprint density at radius 2 is 0.429 bits per heavy atom. The molecule has 2 atom stereocenters. The smallest absolute Gasteiger partial charge is 0.0406 e. The summed E-state index contributed by atoms with van der Waals surface area (Å²) < 4.78 is 0. The molecule has 0 aromatic carbocycles. The molecule has 11 aliphatic carbocycles. The maximum absolute atomic E-state index is 2.00. The SMILES string of the molecule is C1C2CC1C2.C1CC2CC1C2.C1CC2CCC(C1)C2.C1CC2CCC1CC2.CC.CC.CC.CC. The molecule has 11 saturated carbocycles. The van der Waals surface area contributed by atoms with Crippen molar-refractivity contribution in [3.63, 3.8) is 0 Å². The molecule has 2 unspecified atom stereocenters. The van der Waals surface area contributed by atoms with Crippen molar-refractivity contribution in [3.8, 4) is 0 Å². The molecule has 0 amide bonds. The van der Waals surface area contributed by atoms with Crippen molar-refractivity contribution >= 4 is 0 Å². The Hall–Kier alpha value is 0. The van der Waals surface area contributed by atoms with Crippen LogP contribution in [0.15, 0.2) is 0 Å². The van der Waals surface area contributed by atoms with Crippen molar-refractivity contribution in [2.75, 3.05) is 0 Å². The molecule has 11 aliphatic rings. The molecule has 0 aliphatic heterocycles. The molecule has 35 heavy (non-hydrogen) atoms. The molecule has 11 rings (SSSR count). The fraction of sp³-hybridized carbons (Fsp3) is 1.00. The van der Waals surface area contributed by atoms with Gasteiger partial charge in [0.25, 0.3) is 0 Å². The van der Waals surface area contributed by atoms with Gasteiger partial charge in [0.05, 0.1) is 0 Å². The summed E-state index contributed by atoms with van der Waals surface area (Å²) in [5, 5.41) is 0. The van der Waals surface area contributed by atoms with Gasteiger partial charge in [-0.2, -0.15) is 0 Å². The van der Waals surface area contributed by atoms with E-state index in [-0.39, 0.29) is 0 Å². The third-order valence-corrected chi connectivity index (χ3v) is 10.1. The van der Waals surface area contributed by atoms with Gasteiger partial charge in [0.15, 0.2) is 0 Å². The van der Waals surface area contributed by atoms with Gasteiger partial charge in [-0.05, 0) is 85.9 Å². The van der Waals surface area contributed by atoms with E-state index >= 15 is 0 Å². The van der Waals surface area contributed by atoms with Crippen LogP contribution in [-0.4, -0.2) is 0 Å². The molecule has 0 aromatic heterocycles. The van der Waals surface area contributed by atoms with Crippen molar-refractivity contribution in [2.24, 2.45) is 47.3 Å². The van der Waals surface area contributed by atoms with Crippen LogP contribution in [0.5, 0.6) is 0 Å². The third-order valence-electron chi connectivity index (χ3n) is 10.1. The van der Waals surface area contributed by atoms with Gasteiger partial charge in [0.2, 0.25) is 0 Å². The Morgan fingerprint density at radius 1 is 0.229 bits per heavy atom. The summed E-state index contributed by atoms with van der Waals surface area (Å²) in [6, 6.07) is 0. The topological polar surface area (TPSA) is 0 Å². The highest BCUT2D eigenvalue weighted by Gasteiger charge is 2.41. The summed E-state index contributed by atoms with van der Waals surface area (Å²) in [5.41, 5.74) is 0. The van der Waals surface area contributed by atoms with Gasteiger partial charge in [-0.25, -0.2) is 0 Å². The van der Waals surface area contributed by atoms with Crippen LogP contribution in [0.2, 0.25) is 0 Å². The Kier molecular flexibility index (Phi) is 18.9. The molecule has 0 spiro atoms. The first-order valence-electron chi connectivity index (χ1n) is 17.3. The second-order valence-corrected chi connectivity index (χ2v) is 12.2. The highest BCUT2D eigenvalue weighted by atomic mass is 14.5. The first-order valence-corrected chi connectivity index (χ1v) is 17.3. The molecule has 0 radical (unpaired) electrons. The van der Waals surface area contributed by atoms with Crippen LogP contribution in [0.1, 0.15) is 177 Å². The number of hydrogen-bond acceptors (Lipinski definition) is 0. The number of rotatable bonds is 0. The Morgan fingerprint density at radius 3 is 0.600 bits per heavy atom. The molecular formula is C35H70. The zero-order valence-corrected chi connectivity index (χ0v) is 26.1. The molecule has 0 heteroatoms. The normalized spacial score (nSPS) is 38.4. The predicted octanol–water partition coefficient (Wildman–Crippen LogP) is 12.5. The van der Waals surface area contributed by atoms with E-state index in [2.05, 4.69) is 0 Å². The van der Waals surface area contributed by atoms with Gasteiger partial charge >= 0.3 is 0 Å². The predicted molar refractivity (Wildman–Crippen MR) is 161 cm³/mol. The second-order valence-electron chi connectivity index (χ2n) is 12.2. The van der Waals surface area contributed by atoms with Gasteiger partial charge in [-0.15, -0.1) is 0 Å². The van der Waals surface area contributed by atoms with E-state index in [9.17, 15) is 0 Å². The average molecular weight is 491 g/mol. The van der Waals surface area contributed by atoms with Gasteiger partial charge in [0, 0.05) is 0 Å². The Labute approximate surface area is 224 Å². The number of fused-ring (bicyclic) bond motifs is 6. The van der Waals surface area contributed by atoms with Crippen molar-refractivity contribution in [2.45, 2.75) is 177 Å². The summed E-state index contributed by atoms with van der Waals surface area (Å²) in [5.74, 6) is 9.42. The molecule has 0 heterocycles.